The molecule has 6 nitrogen and oxygen atoms in total. The summed E-state index contributed by atoms with van der Waals surface area (Å²) in [5, 5.41) is 0. The molecule has 2 aromatic rings. The van der Waals surface area contributed by atoms with Crippen LogP contribution in [-0.4, -0.2) is 63.7 Å². The normalized spacial score (nSPS) is 11.7. The first-order chi connectivity index (χ1) is 39.1. The Balaban J connectivity index is 0.00000156. The van der Waals surface area contributed by atoms with E-state index in [-0.39, 0.29) is 47.5 Å². The maximum absolute atomic E-state index is 11.0. The van der Waals surface area contributed by atoms with Gasteiger partial charge in [0.15, 0.2) is 0 Å². The molecule has 81 heavy (non-hydrogen) atoms. The van der Waals surface area contributed by atoms with E-state index in [0.29, 0.717) is 0 Å². The molecule has 0 unspecified atom stereocenters. The summed E-state index contributed by atoms with van der Waals surface area (Å²) >= 11 is 0. The summed E-state index contributed by atoms with van der Waals surface area (Å²) in [6, 6.07) is 12.8. The van der Waals surface area contributed by atoms with Gasteiger partial charge in [-0.3, -0.25) is 0 Å². The number of hydrogen-bond acceptors (Lipinski definition) is 6. The number of benzene rings is 2. The van der Waals surface area contributed by atoms with Crippen LogP contribution >= 0.6 is 0 Å². The third kappa shape index (κ3) is 57.1. The van der Waals surface area contributed by atoms with Crippen LogP contribution in [0.2, 0.25) is 0 Å². The van der Waals surface area contributed by atoms with Gasteiger partial charge in [-0.25, -0.2) is 16.8 Å². The zero-order chi connectivity index (χ0) is 58.0. The van der Waals surface area contributed by atoms with E-state index in [1.807, 2.05) is 0 Å². The molecule has 0 saturated heterocycles. The minimum Gasteiger partial charge on any atom is -0.744 e. The van der Waals surface area contributed by atoms with Crippen LogP contribution in [-0.2, 0) is 33.1 Å². The largest absolute Gasteiger partial charge is 2.00 e. The maximum Gasteiger partial charge on any atom is 2.00 e. The summed E-state index contributed by atoms with van der Waals surface area (Å²) in [4.78, 5) is -0.265. The van der Waals surface area contributed by atoms with Crippen LogP contribution in [0.4, 0.5) is 0 Å². The Hall–Kier alpha value is -0.480. The summed E-state index contributed by atoms with van der Waals surface area (Å²) < 4.78 is 65.9. The van der Waals surface area contributed by atoms with Gasteiger partial charge < -0.3 is 9.11 Å². The molecule has 0 amide bonds. The Morgan fingerprint density at radius 1 is 0.222 bits per heavy atom. The van der Waals surface area contributed by atoms with Gasteiger partial charge >= 0.3 is 37.7 Å². The van der Waals surface area contributed by atoms with Gasteiger partial charge in [0.2, 0.25) is 0 Å². The quantitative estimate of drug-likeness (QED) is 0.0370. The van der Waals surface area contributed by atoms with Crippen LogP contribution in [0.25, 0.3) is 0 Å². The molecule has 2 rings (SSSR count). The fourth-order valence-electron chi connectivity index (χ4n) is 11.6. The summed E-state index contributed by atoms with van der Waals surface area (Å²) in [5.74, 6) is 0. The van der Waals surface area contributed by atoms with Crippen molar-refractivity contribution in [1.82, 2.24) is 0 Å². The molecule has 2 aromatic carbocycles. The molecule has 0 radical (unpaired) electrons. The Bertz CT molecular complexity index is 1650. The standard InChI is InChI=1S/2C36H66O3S.Ca/c2*1-2-3-4-5-6-7-8-9-10-11-12-13-14-15-16-17-18-19-20-21-22-23-24-25-26-27-28-29-30-35-31-33-36(34-32-35)40(37,38)39;/h2*31-34H,2-30H2,1H3,(H,37,38,39);/q;;+2/p-2. The molecule has 0 atom stereocenters. The van der Waals surface area contributed by atoms with E-state index in [2.05, 4.69) is 13.8 Å². The molecule has 0 saturated carbocycles. The van der Waals surface area contributed by atoms with Crippen molar-refractivity contribution in [3.8, 4) is 0 Å². The molecular formula is C72H130CaO6S2. The Labute approximate surface area is 535 Å². The molecule has 468 valence electrons. The second-order valence-corrected chi connectivity index (χ2v) is 27.5. The molecule has 0 aromatic heterocycles. The van der Waals surface area contributed by atoms with Crippen LogP contribution < -0.4 is 0 Å². The fraction of sp³-hybridized carbons (Fsp3) is 0.833. The van der Waals surface area contributed by atoms with Crippen molar-refractivity contribution in [2.75, 3.05) is 0 Å². The van der Waals surface area contributed by atoms with Crippen LogP contribution in [0.15, 0.2) is 58.3 Å². The van der Waals surface area contributed by atoms with Crippen molar-refractivity contribution < 1.29 is 25.9 Å². The predicted octanol–water partition coefficient (Wildman–Crippen LogP) is 23.8. The Kier molecular flexibility index (Phi) is 60.8. The minimum absolute atomic E-state index is 0. The maximum atomic E-state index is 11.0. The van der Waals surface area contributed by atoms with Crippen LogP contribution in [0.1, 0.15) is 385 Å². The van der Waals surface area contributed by atoms with Crippen molar-refractivity contribution in [1.29, 1.82) is 0 Å². The molecule has 0 aliphatic rings. The second-order valence-electron chi connectivity index (χ2n) is 24.8. The van der Waals surface area contributed by atoms with E-state index >= 15 is 0 Å². The average molecular weight is 1200 g/mol. The van der Waals surface area contributed by atoms with Crippen LogP contribution in [0.3, 0.4) is 0 Å². The summed E-state index contributed by atoms with van der Waals surface area (Å²) in [6.45, 7) is 4.59. The fourth-order valence-corrected chi connectivity index (χ4v) is 12.6. The number of aryl methyl sites for hydroxylation is 2. The van der Waals surface area contributed by atoms with E-state index in [1.165, 1.54) is 371 Å². The molecule has 0 aliphatic heterocycles. The molecule has 0 bridgehead atoms. The summed E-state index contributed by atoms with van der Waals surface area (Å²) in [5.41, 5.74) is 2.23. The third-order valence-corrected chi connectivity index (χ3v) is 18.8. The Morgan fingerprint density at radius 2 is 0.346 bits per heavy atom. The molecule has 9 heteroatoms. The van der Waals surface area contributed by atoms with Gasteiger partial charge in [0.05, 0.1) is 9.79 Å². The van der Waals surface area contributed by atoms with E-state index < -0.39 is 20.2 Å². The Morgan fingerprint density at radius 3 is 0.469 bits per heavy atom. The first-order valence-corrected chi connectivity index (χ1v) is 38.0. The SMILES string of the molecule is CCCCCCCCCCCCCCCCCCCCCCCCCCCCCCc1ccc(S(=O)(=O)[O-])cc1.CCCCCCCCCCCCCCCCCCCCCCCCCCCCCCc1ccc(S(=O)(=O)[O-])cc1.[Ca+2]. The predicted molar refractivity (Wildman–Crippen MR) is 352 cm³/mol. The van der Waals surface area contributed by atoms with E-state index in [0.717, 1.165) is 36.8 Å². The van der Waals surface area contributed by atoms with Crippen LogP contribution in [0.5, 0.6) is 0 Å². The first kappa shape index (κ1) is 80.5. The second kappa shape index (κ2) is 61.2. The number of unbranched alkanes of at least 4 members (excludes halogenated alkanes) is 54. The van der Waals surface area contributed by atoms with Gasteiger partial charge in [0, 0.05) is 0 Å². The van der Waals surface area contributed by atoms with Crippen molar-refractivity contribution in [3.63, 3.8) is 0 Å². The van der Waals surface area contributed by atoms with E-state index in [4.69, 9.17) is 0 Å². The zero-order valence-corrected chi connectivity index (χ0v) is 57.4. The topological polar surface area (TPSA) is 114 Å². The van der Waals surface area contributed by atoms with Crippen molar-refractivity contribution in [2.24, 2.45) is 0 Å². The molecule has 0 N–H and O–H groups in total. The molecular weight excluding hydrogens is 1060 g/mol. The first-order valence-electron chi connectivity index (χ1n) is 35.2. The molecule has 0 heterocycles. The van der Waals surface area contributed by atoms with Gasteiger partial charge in [-0.2, -0.15) is 0 Å². The van der Waals surface area contributed by atoms with E-state index in [1.54, 1.807) is 24.3 Å². The van der Waals surface area contributed by atoms with E-state index in [9.17, 15) is 25.9 Å². The summed E-state index contributed by atoms with van der Waals surface area (Å²) in [7, 11) is -8.66. The minimum atomic E-state index is -4.33. The van der Waals surface area contributed by atoms with Gasteiger partial charge in [-0.05, 0) is 61.1 Å². The zero-order valence-electron chi connectivity index (χ0n) is 53.6. The van der Waals surface area contributed by atoms with Crippen molar-refractivity contribution >= 4 is 58.0 Å². The molecule has 0 spiro atoms. The van der Waals surface area contributed by atoms with Crippen molar-refractivity contribution in [3.05, 3.63) is 59.7 Å². The van der Waals surface area contributed by atoms with Gasteiger partial charge in [0.1, 0.15) is 20.2 Å². The van der Waals surface area contributed by atoms with Gasteiger partial charge in [0.25, 0.3) is 0 Å². The smallest absolute Gasteiger partial charge is 0.744 e. The van der Waals surface area contributed by atoms with Crippen LogP contribution in [0, 0.1) is 0 Å². The monoisotopic (exact) mass is 1190 g/mol. The average Bonchev–Trinajstić information content (AvgIpc) is 3.44. The molecule has 0 fully saturated rings. The number of hydrogen-bond donors (Lipinski definition) is 0. The van der Waals surface area contributed by atoms with Crippen molar-refractivity contribution in [2.45, 2.75) is 396 Å². The van der Waals surface area contributed by atoms with Gasteiger partial charge in [-0.15, -0.1) is 0 Å². The third-order valence-electron chi connectivity index (χ3n) is 17.1. The number of rotatable bonds is 60. The van der Waals surface area contributed by atoms with Gasteiger partial charge in [-0.1, -0.05) is 385 Å². The summed E-state index contributed by atoms with van der Waals surface area (Å²) in [6.07, 6.45) is 80.9. The molecule has 0 aliphatic carbocycles.